The highest BCUT2D eigenvalue weighted by Gasteiger charge is 2.16. The van der Waals surface area contributed by atoms with Gasteiger partial charge in [0.05, 0.1) is 12.2 Å². The molecule has 0 bridgehead atoms. The van der Waals surface area contributed by atoms with Gasteiger partial charge in [0, 0.05) is 15.5 Å². The molecule has 6 heteroatoms. The molecule has 3 nitrogen and oxygen atoms in total. The molecule has 0 aliphatic carbocycles. The van der Waals surface area contributed by atoms with E-state index in [4.69, 9.17) is 10.5 Å². The molecule has 0 aliphatic rings. The monoisotopic (exact) mass is 309 g/mol. The quantitative estimate of drug-likeness (QED) is 0.688. The highest BCUT2D eigenvalue weighted by atomic mass is 32.2. The van der Waals surface area contributed by atoms with E-state index in [1.165, 1.54) is 30.3 Å². The van der Waals surface area contributed by atoms with Crippen molar-refractivity contribution in [3.63, 3.8) is 0 Å². The molecular weight excluding hydrogens is 296 g/mol. The summed E-state index contributed by atoms with van der Waals surface area (Å²) in [4.78, 5) is 12.6. The van der Waals surface area contributed by atoms with Crippen molar-refractivity contribution >= 4 is 23.4 Å². The van der Waals surface area contributed by atoms with Crippen molar-refractivity contribution in [1.82, 2.24) is 0 Å². The second-order valence-electron chi connectivity index (χ2n) is 4.15. The number of carbonyl (C=O) groups excluding carboxylic acids is 1. The minimum absolute atomic E-state index is 0.0226. The van der Waals surface area contributed by atoms with Gasteiger partial charge in [-0.05, 0) is 43.3 Å². The predicted molar refractivity (Wildman–Crippen MR) is 77.3 cm³/mol. The fourth-order valence-electron chi connectivity index (χ4n) is 1.66. The zero-order valence-electron chi connectivity index (χ0n) is 11.2. The molecule has 2 rings (SSSR count). The van der Waals surface area contributed by atoms with E-state index in [1.807, 2.05) is 0 Å². The van der Waals surface area contributed by atoms with Crippen LogP contribution in [0.25, 0.3) is 0 Å². The number of carbonyl (C=O) groups is 1. The van der Waals surface area contributed by atoms with E-state index in [-0.39, 0.29) is 28.6 Å². The molecule has 0 fully saturated rings. The van der Waals surface area contributed by atoms with Crippen LogP contribution in [-0.2, 0) is 4.74 Å². The van der Waals surface area contributed by atoms with Crippen LogP contribution in [0.1, 0.15) is 17.3 Å². The maximum absolute atomic E-state index is 13.9. The average molecular weight is 309 g/mol. The molecular formula is C15H13F2NO2S. The zero-order valence-corrected chi connectivity index (χ0v) is 12.0. The first-order valence-electron chi connectivity index (χ1n) is 6.20. The lowest BCUT2D eigenvalue weighted by Gasteiger charge is -2.09. The Morgan fingerprint density at radius 1 is 1.24 bits per heavy atom. The van der Waals surface area contributed by atoms with Gasteiger partial charge < -0.3 is 10.5 Å². The van der Waals surface area contributed by atoms with Gasteiger partial charge in [0.25, 0.3) is 0 Å². The molecule has 0 radical (unpaired) electrons. The Kier molecular flexibility index (Phi) is 4.80. The first-order chi connectivity index (χ1) is 10.0. The lowest BCUT2D eigenvalue weighted by atomic mass is 10.2. The van der Waals surface area contributed by atoms with Gasteiger partial charge in [-0.3, -0.25) is 0 Å². The molecule has 0 aromatic heterocycles. The molecule has 0 unspecified atom stereocenters. The molecule has 2 aromatic carbocycles. The van der Waals surface area contributed by atoms with Crippen molar-refractivity contribution in [3.8, 4) is 0 Å². The van der Waals surface area contributed by atoms with E-state index in [2.05, 4.69) is 0 Å². The largest absolute Gasteiger partial charge is 0.462 e. The van der Waals surface area contributed by atoms with Crippen LogP contribution in [0.4, 0.5) is 14.5 Å². The average Bonchev–Trinajstić information content (AvgIpc) is 2.44. The maximum Gasteiger partial charge on any atom is 0.340 e. The van der Waals surface area contributed by atoms with Crippen molar-refractivity contribution < 1.29 is 18.3 Å². The molecule has 0 amide bonds. The molecule has 2 aromatic rings. The van der Waals surface area contributed by atoms with E-state index in [0.29, 0.717) is 4.90 Å². The number of esters is 1. The number of nitrogens with two attached hydrogens (primary N) is 1. The van der Waals surface area contributed by atoms with Gasteiger partial charge in [-0.15, -0.1) is 0 Å². The predicted octanol–water partition coefficient (Wildman–Crippen LogP) is 3.87. The van der Waals surface area contributed by atoms with Crippen LogP contribution in [0.3, 0.4) is 0 Å². The summed E-state index contributed by atoms with van der Waals surface area (Å²) in [7, 11) is 0. The second kappa shape index (κ2) is 6.58. The molecule has 2 N–H and O–H groups in total. The summed E-state index contributed by atoms with van der Waals surface area (Å²) in [6.45, 7) is 1.88. The third kappa shape index (κ3) is 3.72. The maximum atomic E-state index is 13.9. The van der Waals surface area contributed by atoms with Crippen LogP contribution in [0.2, 0.25) is 0 Å². The van der Waals surface area contributed by atoms with Gasteiger partial charge in [-0.25, -0.2) is 13.6 Å². The molecule has 0 heterocycles. The number of halogens is 2. The van der Waals surface area contributed by atoms with Gasteiger partial charge in [-0.1, -0.05) is 11.8 Å². The second-order valence-corrected chi connectivity index (χ2v) is 5.26. The highest BCUT2D eigenvalue weighted by Crippen LogP contribution is 2.32. The summed E-state index contributed by atoms with van der Waals surface area (Å²) in [5, 5.41) is 0. The summed E-state index contributed by atoms with van der Waals surface area (Å²) in [5.74, 6) is -1.52. The van der Waals surface area contributed by atoms with E-state index >= 15 is 0 Å². The summed E-state index contributed by atoms with van der Waals surface area (Å²) >= 11 is 1.08. The van der Waals surface area contributed by atoms with E-state index in [1.54, 1.807) is 6.92 Å². The standard InChI is InChI=1S/C15H13F2NO2S/c1-2-20-15(19)11-7-14(12(17)8-13(11)18)21-10-5-3-9(16)4-6-10/h3-8H,2,18H2,1H3. The summed E-state index contributed by atoms with van der Waals surface area (Å²) in [6.07, 6.45) is 0. The van der Waals surface area contributed by atoms with Crippen molar-refractivity contribution in [2.24, 2.45) is 0 Å². The van der Waals surface area contributed by atoms with Crippen molar-refractivity contribution in [2.45, 2.75) is 16.7 Å². The Balaban J connectivity index is 2.32. The SMILES string of the molecule is CCOC(=O)c1cc(Sc2ccc(F)cc2)c(F)cc1N. The Bertz CT molecular complexity index is 659. The Morgan fingerprint density at radius 3 is 2.52 bits per heavy atom. The molecule has 0 atom stereocenters. The number of ether oxygens (including phenoxy) is 1. The Hall–Kier alpha value is -2.08. The normalized spacial score (nSPS) is 10.4. The summed E-state index contributed by atoms with van der Waals surface area (Å²) < 4.78 is 31.6. The third-order valence-corrected chi connectivity index (χ3v) is 3.68. The summed E-state index contributed by atoms with van der Waals surface area (Å²) in [6, 6.07) is 8.04. The lowest BCUT2D eigenvalue weighted by Crippen LogP contribution is -2.08. The minimum Gasteiger partial charge on any atom is -0.462 e. The fraction of sp³-hybridized carbons (Fsp3) is 0.133. The minimum atomic E-state index is -0.601. The number of benzene rings is 2. The third-order valence-electron chi connectivity index (χ3n) is 2.64. The van der Waals surface area contributed by atoms with Gasteiger partial charge in [0.1, 0.15) is 11.6 Å². The lowest BCUT2D eigenvalue weighted by molar-refractivity contribution is 0.0527. The van der Waals surface area contributed by atoms with Crippen molar-refractivity contribution in [3.05, 3.63) is 53.6 Å². The van der Waals surface area contributed by atoms with Crippen LogP contribution in [0, 0.1) is 11.6 Å². The molecule has 110 valence electrons. The van der Waals surface area contributed by atoms with Gasteiger partial charge in [0.2, 0.25) is 0 Å². The van der Waals surface area contributed by atoms with Crippen LogP contribution >= 0.6 is 11.8 Å². The smallest absolute Gasteiger partial charge is 0.340 e. The number of nitrogen functional groups attached to an aromatic ring is 1. The van der Waals surface area contributed by atoms with Crippen molar-refractivity contribution in [2.75, 3.05) is 12.3 Å². The van der Waals surface area contributed by atoms with Crippen molar-refractivity contribution in [1.29, 1.82) is 0 Å². The number of rotatable bonds is 4. The fourth-order valence-corrected chi connectivity index (χ4v) is 2.52. The molecule has 0 spiro atoms. The van der Waals surface area contributed by atoms with E-state index < -0.39 is 11.8 Å². The Labute approximate surface area is 125 Å². The molecule has 0 aliphatic heterocycles. The van der Waals surface area contributed by atoms with Gasteiger partial charge in [-0.2, -0.15) is 0 Å². The van der Waals surface area contributed by atoms with Crippen LogP contribution < -0.4 is 5.73 Å². The number of anilines is 1. The first-order valence-corrected chi connectivity index (χ1v) is 7.02. The topological polar surface area (TPSA) is 52.3 Å². The first kappa shape index (κ1) is 15.3. The summed E-state index contributed by atoms with van der Waals surface area (Å²) in [5.41, 5.74) is 5.77. The van der Waals surface area contributed by atoms with E-state index in [9.17, 15) is 13.6 Å². The van der Waals surface area contributed by atoms with Gasteiger partial charge >= 0.3 is 5.97 Å². The Morgan fingerprint density at radius 2 is 1.90 bits per heavy atom. The zero-order chi connectivity index (χ0) is 15.4. The van der Waals surface area contributed by atoms with Crippen LogP contribution in [0.5, 0.6) is 0 Å². The highest BCUT2D eigenvalue weighted by molar-refractivity contribution is 7.99. The van der Waals surface area contributed by atoms with Crippen LogP contribution in [-0.4, -0.2) is 12.6 Å². The molecule has 0 saturated heterocycles. The van der Waals surface area contributed by atoms with Gasteiger partial charge in [0.15, 0.2) is 0 Å². The molecule has 0 saturated carbocycles. The number of hydrogen-bond donors (Lipinski definition) is 1. The van der Waals surface area contributed by atoms with Crippen LogP contribution in [0.15, 0.2) is 46.2 Å². The number of hydrogen-bond acceptors (Lipinski definition) is 4. The van der Waals surface area contributed by atoms with E-state index in [0.717, 1.165) is 17.8 Å². The molecule has 21 heavy (non-hydrogen) atoms.